The van der Waals surface area contributed by atoms with Crippen molar-refractivity contribution in [2.75, 3.05) is 7.11 Å². The van der Waals surface area contributed by atoms with Crippen LogP contribution in [-0.2, 0) is 4.74 Å². The molecule has 0 N–H and O–H groups in total. The van der Waals surface area contributed by atoms with Gasteiger partial charge in [0.1, 0.15) is 0 Å². The summed E-state index contributed by atoms with van der Waals surface area (Å²) in [5, 5.41) is 0. The van der Waals surface area contributed by atoms with Crippen LogP contribution < -0.4 is 0 Å². The summed E-state index contributed by atoms with van der Waals surface area (Å²) in [6, 6.07) is 0. The van der Waals surface area contributed by atoms with Gasteiger partial charge in [0.05, 0.1) is 6.10 Å². The highest BCUT2D eigenvalue weighted by molar-refractivity contribution is 5.10. The van der Waals surface area contributed by atoms with Gasteiger partial charge in [0, 0.05) is 7.11 Å². The van der Waals surface area contributed by atoms with E-state index in [4.69, 9.17) is 4.74 Å². The van der Waals surface area contributed by atoms with Crippen molar-refractivity contribution >= 4 is 0 Å². The first kappa shape index (κ1) is 12.5. The molecule has 1 rings (SSSR count). The van der Waals surface area contributed by atoms with Crippen LogP contribution in [-0.4, -0.2) is 13.2 Å². The van der Waals surface area contributed by atoms with Gasteiger partial charge < -0.3 is 4.74 Å². The summed E-state index contributed by atoms with van der Waals surface area (Å²) >= 11 is 0. The van der Waals surface area contributed by atoms with Crippen molar-refractivity contribution in [3.8, 4) is 0 Å². The van der Waals surface area contributed by atoms with E-state index in [1.165, 1.54) is 37.7 Å². The fraction of sp³-hybridized carbons (Fsp3) is 0.714. The zero-order chi connectivity index (χ0) is 11.3. The molecule has 1 saturated carbocycles. The van der Waals surface area contributed by atoms with Crippen LogP contribution in [0.5, 0.6) is 0 Å². The summed E-state index contributed by atoms with van der Waals surface area (Å²) in [6.07, 6.45) is 10.7. The van der Waals surface area contributed by atoms with Crippen LogP contribution in [0.2, 0.25) is 0 Å². The largest absolute Gasteiger partial charge is 0.381 e. The maximum atomic E-state index is 5.41. The summed E-state index contributed by atoms with van der Waals surface area (Å²) in [5.74, 6) is 0. The van der Waals surface area contributed by atoms with E-state index < -0.39 is 0 Å². The molecule has 15 heavy (non-hydrogen) atoms. The maximum absolute atomic E-state index is 5.41. The minimum Gasteiger partial charge on any atom is -0.381 e. The first-order chi connectivity index (χ1) is 7.09. The Kier molecular flexibility index (Phi) is 4.59. The summed E-state index contributed by atoms with van der Waals surface area (Å²) in [7, 11) is 1.83. The third-order valence-electron chi connectivity index (χ3n) is 3.58. The number of hydrogen-bond acceptors (Lipinski definition) is 1. The highest BCUT2D eigenvalue weighted by Gasteiger charge is 2.30. The molecule has 1 nitrogen and oxygen atoms in total. The number of methoxy groups -OCH3 is 1. The average molecular weight is 208 g/mol. The Morgan fingerprint density at radius 2 is 2.07 bits per heavy atom. The number of allylic oxidation sites excluding steroid dienone is 3. The van der Waals surface area contributed by atoms with Gasteiger partial charge in [0.15, 0.2) is 0 Å². The fourth-order valence-electron chi connectivity index (χ4n) is 2.63. The summed E-state index contributed by atoms with van der Waals surface area (Å²) in [6.45, 7) is 8.35. The quantitative estimate of drug-likeness (QED) is 0.632. The van der Waals surface area contributed by atoms with E-state index >= 15 is 0 Å². The predicted molar refractivity (Wildman–Crippen MR) is 65.9 cm³/mol. The van der Waals surface area contributed by atoms with Crippen molar-refractivity contribution in [2.24, 2.45) is 5.41 Å². The van der Waals surface area contributed by atoms with Gasteiger partial charge in [-0.3, -0.25) is 0 Å². The van der Waals surface area contributed by atoms with Crippen molar-refractivity contribution in [3.05, 3.63) is 24.3 Å². The van der Waals surface area contributed by atoms with Gasteiger partial charge in [-0.15, -0.1) is 0 Å². The molecule has 0 radical (unpaired) electrons. The van der Waals surface area contributed by atoms with E-state index in [9.17, 15) is 0 Å². The molecule has 1 aliphatic rings. The lowest BCUT2D eigenvalue weighted by Crippen LogP contribution is -2.28. The lowest BCUT2D eigenvalue weighted by atomic mass is 9.71. The summed E-state index contributed by atoms with van der Waals surface area (Å²) < 4.78 is 5.41. The minimum atomic E-state index is 0.485. The summed E-state index contributed by atoms with van der Waals surface area (Å²) in [4.78, 5) is 0. The SMILES string of the molecule is C=C/C=C(\C)CC1(C)CCC(OC)CC1. The second kappa shape index (κ2) is 5.50. The van der Waals surface area contributed by atoms with Gasteiger partial charge in [-0.05, 0) is 44.4 Å². The van der Waals surface area contributed by atoms with Crippen molar-refractivity contribution in [3.63, 3.8) is 0 Å². The highest BCUT2D eigenvalue weighted by Crippen LogP contribution is 2.41. The molecule has 0 heterocycles. The van der Waals surface area contributed by atoms with E-state index in [0.717, 1.165) is 0 Å². The summed E-state index contributed by atoms with van der Waals surface area (Å²) in [5.41, 5.74) is 1.93. The number of hydrogen-bond donors (Lipinski definition) is 0. The van der Waals surface area contributed by atoms with Gasteiger partial charge in [-0.2, -0.15) is 0 Å². The van der Waals surface area contributed by atoms with E-state index in [1.807, 2.05) is 13.2 Å². The average Bonchev–Trinajstić information content (AvgIpc) is 2.18. The lowest BCUT2D eigenvalue weighted by Gasteiger charge is -2.37. The molecule has 0 spiro atoms. The molecule has 0 aromatic rings. The third kappa shape index (κ3) is 3.83. The molecule has 1 fully saturated rings. The van der Waals surface area contributed by atoms with Crippen LogP contribution in [0.4, 0.5) is 0 Å². The predicted octanol–water partition coefficient (Wildman–Crippen LogP) is 4.10. The minimum absolute atomic E-state index is 0.485. The van der Waals surface area contributed by atoms with Crippen molar-refractivity contribution < 1.29 is 4.74 Å². The van der Waals surface area contributed by atoms with E-state index in [1.54, 1.807) is 0 Å². The topological polar surface area (TPSA) is 9.23 Å². The molecule has 0 saturated heterocycles. The standard InChI is InChI=1S/C14H24O/c1-5-6-12(2)11-14(3)9-7-13(15-4)8-10-14/h5-6,13H,1,7-11H2,2-4H3/b12-6+. The lowest BCUT2D eigenvalue weighted by molar-refractivity contribution is 0.0325. The Balaban J connectivity index is 2.47. The molecule has 0 aromatic carbocycles. The Morgan fingerprint density at radius 1 is 1.47 bits per heavy atom. The molecule has 0 amide bonds. The van der Waals surface area contributed by atoms with Crippen molar-refractivity contribution in [1.82, 2.24) is 0 Å². The van der Waals surface area contributed by atoms with Crippen LogP contribution >= 0.6 is 0 Å². The van der Waals surface area contributed by atoms with Crippen LogP contribution in [0.1, 0.15) is 46.0 Å². The maximum Gasteiger partial charge on any atom is 0.0571 e. The monoisotopic (exact) mass is 208 g/mol. The second-order valence-corrected chi connectivity index (χ2v) is 5.17. The van der Waals surface area contributed by atoms with E-state index in [2.05, 4.69) is 26.5 Å². The highest BCUT2D eigenvalue weighted by atomic mass is 16.5. The molecule has 0 atom stereocenters. The second-order valence-electron chi connectivity index (χ2n) is 5.17. The molecule has 0 unspecified atom stereocenters. The van der Waals surface area contributed by atoms with Crippen LogP contribution in [0.15, 0.2) is 24.3 Å². The molecule has 0 bridgehead atoms. The van der Waals surface area contributed by atoms with Crippen LogP contribution in [0.25, 0.3) is 0 Å². The third-order valence-corrected chi connectivity index (χ3v) is 3.58. The molecular weight excluding hydrogens is 184 g/mol. The van der Waals surface area contributed by atoms with Gasteiger partial charge in [-0.25, -0.2) is 0 Å². The van der Waals surface area contributed by atoms with Crippen molar-refractivity contribution in [2.45, 2.75) is 52.1 Å². The van der Waals surface area contributed by atoms with Gasteiger partial charge in [0.2, 0.25) is 0 Å². The first-order valence-electron chi connectivity index (χ1n) is 5.90. The molecule has 86 valence electrons. The number of rotatable bonds is 4. The van der Waals surface area contributed by atoms with Gasteiger partial charge >= 0.3 is 0 Å². The molecule has 0 aromatic heterocycles. The smallest absolute Gasteiger partial charge is 0.0571 e. The molecule has 0 aliphatic heterocycles. The Hall–Kier alpha value is -0.560. The Labute approximate surface area is 94.2 Å². The zero-order valence-corrected chi connectivity index (χ0v) is 10.4. The van der Waals surface area contributed by atoms with E-state index in [0.29, 0.717) is 11.5 Å². The van der Waals surface area contributed by atoms with E-state index in [-0.39, 0.29) is 0 Å². The Bertz CT molecular complexity index is 232. The molecular formula is C14H24O. The van der Waals surface area contributed by atoms with Crippen molar-refractivity contribution in [1.29, 1.82) is 0 Å². The zero-order valence-electron chi connectivity index (χ0n) is 10.4. The number of ether oxygens (including phenoxy) is 1. The van der Waals surface area contributed by atoms with Crippen LogP contribution in [0, 0.1) is 5.41 Å². The Morgan fingerprint density at radius 3 is 2.53 bits per heavy atom. The van der Waals surface area contributed by atoms with Gasteiger partial charge in [0.25, 0.3) is 0 Å². The molecule has 1 aliphatic carbocycles. The van der Waals surface area contributed by atoms with Crippen LogP contribution in [0.3, 0.4) is 0 Å². The normalized spacial score (nSPS) is 32.7. The molecule has 1 heteroatoms. The fourth-order valence-corrected chi connectivity index (χ4v) is 2.63. The first-order valence-corrected chi connectivity index (χ1v) is 5.90. The van der Waals surface area contributed by atoms with Gasteiger partial charge in [-0.1, -0.05) is 31.2 Å².